The summed E-state index contributed by atoms with van der Waals surface area (Å²) >= 11 is 0. The van der Waals surface area contributed by atoms with E-state index in [4.69, 9.17) is 9.47 Å². The summed E-state index contributed by atoms with van der Waals surface area (Å²) in [5.74, 6) is 0.130. The Morgan fingerprint density at radius 2 is 2.50 bits per heavy atom. The van der Waals surface area contributed by atoms with Crippen LogP contribution in [0.4, 0.5) is 0 Å². The highest BCUT2D eigenvalue weighted by Crippen LogP contribution is 2.08. The van der Waals surface area contributed by atoms with E-state index in [9.17, 15) is 4.79 Å². The zero-order chi connectivity index (χ0) is 8.97. The molecule has 0 aliphatic carbocycles. The molecule has 1 rings (SSSR count). The van der Waals surface area contributed by atoms with Gasteiger partial charge in [0, 0.05) is 20.1 Å². The Morgan fingerprint density at radius 3 is 3.08 bits per heavy atom. The number of carbonyl (C=O) groups excluding carboxylic acids is 1. The second-order valence-electron chi connectivity index (χ2n) is 2.71. The quantitative estimate of drug-likeness (QED) is 0.600. The van der Waals surface area contributed by atoms with Crippen molar-refractivity contribution in [2.24, 2.45) is 0 Å². The minimum atomic E-state index is -0.189. The van der Waals surface area contributed by atoms with Gasteiger partial charge in [-0.2, -0.15) is 0 Å². The van der Waals surface area contributed by atoms with Crippen molar-refractivity contribution in [2.75, 3.05) is 26.9 Å². The number of hydrogen-bond acceptors (Lipinski definition) is 3. The van der Waals surface area contributed by atoms with Gasteiger partial charge in [0.1, 0.15) is 0 Å². The molecule has 0 aromatic carbocycles. The average Bonchev–Trinajstić information content (AvgIpc) is 2.16. The third kappa shape index (κ3) is 1.95. The fraction of sp³-hybridized carbons (Fsp3) is 0.875. The van der Waals surface area contributed by atoms with Gasteiger partial charge in [-0.15, -0.1) is 0 Å². The van der Waals surface area contributed by atoms with E-state index in [-0.39, 0.29) is 12.1 Å². The molecule has 0 bridgehead atoms. The number of hydrogen-bond donors (Lipinski definition) is 0. The van der Waals surface area contributed by atoms with Gasteiger partial charge in [0.25, 0.3) is 0 Å². The maximum Gasteiger partial charge on any atom is 0.224 e. The monoisotopic (exact) mass is 173 g/mol. The Morgan fingerprint density at radius 1 is 1.75 bits per heavy atom. The number of morpholine rings is 1. The lowest BCUT2D eigenvalue weighted by molar-refractivity contribution is -0.162. The lowest BCUT2D eigenvalue weighted by Crippen LogP contribution is -2.49. The molecule has 0 aromatic rings. The van der Waals surface area contributed by atoms with Crippen molar-refractivity contribution in [1.29, 1.82) is 0 Å². The zero-order valence-electron chi connectivity index (χ0n) is 7.58. The Bertz CT molecular complexity index is 160. The number of ether oxygens (including phenoxy) is 2. The molecule has 1 saturated heterocycles. The first-order valence-corrected chi connectivity index (χ1v) is 4.19. The van der Waals surface area contributed by atoms with Crippen molar-refractivity contribution in [2.45, 2.75) is 19.6 Å². The van der Waals surface area contributed by atoms with Gasteiger partial charge >= 0.3 is 0 Å². The number of methoxy groups -OCH3 is 1. The van der Waals surface area contributed by atoms with Crippen LogP contribution >= 0.6 is 0 Å². The Balaban J connectivity index is 2.52. The molecular weight excluding hydrogens is 158 g/mol. The molecule has 1 aliphatic rings. The van der Waals surface area contributed by atoms with Crippen LogP contribution < -0.4 is 0 Å². The number of carbonyl (C=O) groups is 1. The molecule has 4 nitrogen and oxygen atoms in total. The van der Waals surface area contributed by atoms with Gasteiger partial charge in [0.2, 0.25) is 5.91 Å². The van der Waals surface area contributed by atoms with Crippen molar-refractivity contribution in [3.63, 3.8) is 0 Å². The molecule has 0 radical (unpaired) electrons. The summed E-state index contributed by atoms with van der Waals surface area (Å²) in [4.78, 5) is 13.1. The van der Waals surface area contributed by atoms with Crippen LogP contribution in [0.5, 0.6) is 0 Å². The van der Waals surface area contributed by atoms with Crippen LogP contribution in [0.3, 0.4) is 0 Å². The highest BCUT2D eigenvalue weighted by molar-refractivity contribution is 5.76. The van der Waals surface area contributed by atoms with Crippen molar-refractivity contribution in [3.8, 4) is 0 Å². The van der Waals surface area contributed by atoms with E-state index in [1.54, 1.807) is 12.0 Å². The minimum absolute atomic E-state index is 0.130. The van der Waals surface area contributed by atoms with E-state index < -0.39 is 0 Å². The van der Waals surface area contributed by atoms with Gasteiger partial charge in [0.05, 0.1) is 13.2 Å². The van der Waals surface area contributed by atoms with Crippen LogP contribution in [0.25, 0.3) is 0 Å². The average molecular weight is 173 g/mol. The fourth-order valence-corrected chi connectivity index (χ4v) is 1.26. The molecule has 0 aromatic heterocycles. The summed E-state index contributed by atoms with van der Waals surface area (Å²) < 4.78 is 10.3. The fourth-order valence-electron chi connectivity index (χ4n) is 1.26. The summed E-state index contributed by atoms with van der Waals surface area (Å²) in [5, 5.41) is 0. The first kappa shape index (κ1) is 9.48. The summed E-state index contributed by atoms with van der Waals surface area (Å²) in [5.41, 5.74) is 0. The maximum absolute atomic E-state index is 11.3. The van der Waals surface area contributed by atoms with E-state index >= 15 is 0 Å². The Labute approximate surface area is 72.4 Å². The van der Waals surface area contributed by atoms with Gasteiger partial charge in [-0.3, -0.25) is 4.79 Å². The summed E-state index contributed by atoms with van der Waals surface area (Å²) in [6.07, 6.45) is 0.339. The Hall–Kier alpha value is -0.610. The smallest absolute Gasteiger partial charge is 0.224 e. The molecule has 1 atom stereocenters. The van der Waals surface area contributed by atoms with Crippen LogP contribution in [0, 0.1) is 0 Å². The van der Waals surface area contributed by atoms with E-state index in [0.717, 1.165) is 0 Å². The lowest BCUT2D eigenvalue weighted by atomic mass is 10.3. The predicted octanol–water partition coefficient (Wildman–Crippen LogP) is 0.228. The third-order valence-corrected chi connectivity index (χ3v) is 1.98. The molecule has 1 unspecified atom stereocenters. The molecule has 4 heteroatoms. The van der Waals surface area contributed by atoms with E-state index in [2.05, 4.69) is 0 Å². The van der Waals surface area contributed by atoms with Crippen LogP contribution in [0.15, 0.2) is 0 Å². The largest absolute Gasteiger partial charge is 0.375 e. The third-order valence-electron chi connectivity index (χ3n) is 1.98. The van der Waals surface area contributed by atoms with Gasteiger partial charge in [0.15, 0.2) is 6.23 Å². The van der Waals surface area contributed by atoms with Gasteiger partial charge in [-0.1, -0.05) is 6.92 Å². The first-order chi connectivity index (χ1) is 5.79. The summed E-state index contributed by atoms with van der Waals surface area (Å²) in [6, 6.07) is 0. The molecule has 12 heavy (non-hydrogen) atoms. The Kier molecular flexibility index (Phi) is 3.49. The van der Waals surface area contributed by atoms with Crippen molar-refractivity contribution < 1.29 is 14.3 Å². The molecule has 1 fully saturated rings. The molecule has 1 amide bonds. The van der Waals surface area contributed by atoms with Crippen molar-refractivity contribution >= 4 is 5.91 Å². The van der Waals surface area contributed by atoms with Crippen LogP contribution in [0.2, 0.25) is 0 Å². The predicted molar refractivity (Wildman–Crippen MR) is 43.6 cm³/mol. The molecule has 70 valence electrons. The molecule has 0 N–H and O–H groups in total. The van der Waals surface area contributed by atoms with E-state index in [0.29, 0.717) is 26.2 Å². The van der Waals surface area contributed by atoms with Crippen LogP contribution in [0.1, 0.15) is 13.3 Å². The maximum atomic E-state index is 11.3. The minimum Gasteiger partial charge on any atom is -0.375 e. The van der Waals surface area contributed by atoms with Crippen LogP contribution in [-0.2, 0) is 14.3 Å². The second-order valence-corrected chi connectivity index (χ2v) is 2.71. The van der Waals surface area contributed by atoms with Gasteiger partial charge in [-0.05, 0) is 0 Å². The SMILES string of the molecule is CCC(=O)N1CCOCC1OC. The standard InChI is InChI=1S/C8H15NO3/c1-3-7(10)9-4-5-12-6-8(9)11-2/h8H,3-6H2,1-2H3. The second kappa shape index (κ2) is 4.42. The zero-order valence-corrected chi connectivity index (χ0v) is 7.58. The van der Waals surface area contributed by atoms with E-state index in [1.807, 2.05) is 6.92 Å². The molecule has 0 spiro atoms. The van der Waals surface area contributed by atoms with Crippen LogP contribution in [-0.4, -0.2) is 43.9 Å². The van der Waals surface area contributed by atoms with E-state index in [1.165, 1.54) is 0 Å². The molecule has 1 aliphatic heterocycles. The van der Waals surface area contributed by atoms with Gasteiger partial charge < -0.3 is 14.4 Å². The molecule has 1 heterocycles. The van der Waals surface area contributed by atoms with Gasteiger partial charge in [-0.25, -0.2) is 0 Å². The van der Waals surface area contributed by atoms with Crippen molar-refractivity contribution in [1.82, 2.24) is 4.90 Å². The summed E-state index contributed by atoms with van der Waals surface area (Å²) in [6.45, 7) is 3.60. The normalized spacial score (nSPS) is 24.2. The van der Waals surface area contributed by atoms with Crippen molar-refractivity contribution in [3.05, 3.63) is 0 Å². The lowest BCUT2D eigenvalue weighted by Gasteiger charge is -2.34. The first-order valence-electron chi connectivity index (χ1n) is 4.19. The summed E-state index contributed by atoms with van der Waals surface area (Å²) in [7, 11) is 1.59. The topological polar surface area (TPSA) is 38.8 Å². The number of nitrogens with zero attached hydrogens (tertiary/aromatic N) is 1. The molecule has 0 saturated carbocycles. The molecular formula is C8H15NO3. The number of rotatable bonds is 2. The highest BCUT2D eigenvalue weighted by Gasteiger charge is 2.25. The highest BCUT2D eigenvalue weighted by atomic mass is 16.5. The number of amides is 1.